The molecule has 0 N–H and O–H groups in total. The van der Waals surface area contributed by atoms with Crippen molar-refractivity contribution in [2.45, 2.75) is 27.2 Å². The van der Waals surface area contributed by atoms with Crippen LogP contribution in [0.25, 0.3) is 10.2 Å². The van der Waals surface area contributed by atoms with Gasteiger partial charge in [0.25, 0.3) is 5.91 Å². The Kier molecular flexibility index (Phi) is 6.11. The number of amides is 1. The quantitative estimate of drug-likeness (QED) is 0.588. The van der Waals surface area contributed by atoms with E-state index in [2.05, 4.69) is 25.7 Å². The zero-order valence-corrected chi connectivity index (χ0v) is 19.0. The molecule has 4 rings (SSSR count). The third kappa shape index (κ3) is 4.23. The lowest BCUT2D eigenvalue weighted by Gasteiger charge is -2.35. The number of halogens is 1. The smallest absolute Gasteiger partial charge is 0.260 e. The number of fused-ring (bicyclic) bond motifs is 1. The van der Waals surface area contributed by atoms with Gasteiger partial charge in [0.1, 0.15) is 22.2 Å². The van der Waals surface area contributed by atoms with Crippen LogP contribution in [-0.2, 0) is 11.2 Å². The molecule has 1 aliphatic heterocycles. The monoisotopic (exact) mass is 444 g/mol. The number of benzene rings is 1. The first-order valence-corrected chi connectivity index (χ1v) is 11.3. The molecule has 1 saturated heterocycles. The number of carbonyl (C=O) groups is 1. The molecule has 8 heteroatoms. The number of thiophene rings is 1. The van der Waals surface area contributed by atoms with E-state index in [0.29, 0.717) is 23.9 Å². The van der Waals surface area contributed by atoms with Gasteiger partial charge in [-0.15, -0.1) is 11.3 Å². The van der Waals surface area contributed by atoms with Crippen LogP contribution in [0.5, 0.6) is 5.75 Å². The third-order valence-corrected chi connectivity index (χ3v) is 6.83. The van der Waals surface area contributed by atoms with Gasteiger partial charge >= 0.3 is 0 Å². The van der Waals surface area contributed by atoms with E-state index in [1.165, 1.54) is 10.4 Å². The molecule has 1 amide bonds. The van der Waals surface area contributed by atoms with Crippen LogP contribution < -0.4 is 9.64 Å². The standard InChI is InChI=1S/C22H25ClN4O2S/c1-4-18-24-21(20-14(2)15(3)30-22(20)25-18)27-11-9-26(10-12-27)19(28)13-29-17-7-5-16(23)6-8-17/h5-8H,4,9-13H2,1-3H3. The molecule has 2 aromatic heterocycles. The molecule has 0 spiro atoms. The Morgan fingerprint density at radius 3 is 2.50 bits per heavy atom. The van der Waals surface area contributed by atoms with E-state index in [1.807, 2.05) is 4.90 Å². The van der Waals surface area contributed by atoms with Gasteiger partial charge in [0.15, 0.2) is 6.61 Å². The minimum absolute atomic E-state index is 0.00533. The van der Waals surface area contributed by atoms with Crippen molar-refractivity contribution in [3.05, 3.63) is 45.6 Å². The van der Waals surface area contributed by atoms with E-state index in [-0.39, 0.29) is 12.5 Å². The molecule has 1 aliphatic rings. The molecule has 0 bridgehead atoms. The van der Waals surface area contributed by atoms with Gasteiger partial charge in [0.2, 0.25) is 0 Å². The van der Waals surface area contributed by atoms with Crippen molar-refractivity contribution in [1.82, 2.24) is 14.9 Å². The van der Waals surface area contributed by atoms with Gasteiger partial charge < -0.3 is 14.5 Å². The van der Waals surface area contributed by atoms with Crippen LogP contribution in [0.4, 0.5) is 5.82 Å². The number of anilines is 1. The van der Waals surface area contributed by atoms with Crippen LogP contribution in [0, 0.1) is 13.8 Å². The van der Waals surface area contributed by atoms with Crippen molar-refractivity contribution in [3.8, 4) is 5.75 Å². The van der Waals surface area contributed by atoms with Crippen molar-refractivity contribution in [1.29, 1.82) is 0 Å². The van der Waals surface area contributed by atoms with E-state index in [9.17, 15) is 4.79 Å². The van der Waals surface area contributed by atoms with Crippen molar-refractivity contribution in [2.75, 3.05) is 37.7 Å². The van der Waals surface area contributed by atoms with Gasteiger partial charge in [0, 0.05) is 42.5 Å². The maximum Gasteiger partial charge on any atom is 0.260 e. The number of ether oxygens (including phenoxy) is 1. The predicted molar refractivity (Wildman–Crippen MR) is 122 cm³/mol. The zero-order valence-electron chi connectivity index (χ0n) is 17.4. The van der Waals surface area contributed by atoms with E-state index < -0.39 is 0 Å². The molecule has 3 heterocycles. The highest BCUT2D eigenvalue weighted by molar-refractivity contribution is 7.18. The molecular weight excluding hydrogens is 420 g/mol. The van der Waals surface area contributed by atoms with Crippen LogP contribution in [0.15, 0.2) is 24.3 Å². The first-order valence-electron chi connectivity index (χ1n) is 10.1. The van der Waals surface area contributed by atoms with E-state index >= 15 is 0 Å². The third-order valence-electron chi connectivity index (χ3n) is 5.48. The zero-order chi connectivity index (χ0) is 21.3. The summed E-state index contributed by atoms with van der Waals surface area (Å²) in [7, 11) is 0. The average Bonchev–Trinajstić information content (AvgIpc) is 3.06. The Bertz CT molecular complexity index is 1060. The Balaban J connectivity index is 1.43. The summed E-state index contributed by atoms with van der Waals surface area (Å²) in [4.78, 5) is 28.6. The highest BCUT2D eigenvalue weighted by Gasteiger charge is 2.25. The fraction of sp³-hybridized carbons (Fsp3) is 0.409. The lowest BCUT2D eigenvalue weighted by Crippen LogP contribution is -2.50. The van der Waals surface area contributed by atoms with Crippen LogP contribution in [0.3, 0.4) is 0 Å². The Hall–Kier alpha value is -2.38. The topological polar surface area (TPSA) is 58.6 Å². The average molecular weight is 445 g/mol. The molecule has 0 saturated carbocycles. The summed E-state index contributed by atoms with van der Waals surface area (Å²) in [6.45, 7) is 9.18. The summed E-state index contributed by atoms with van der Waals surface area (Å²) in [5, 5.41) is 1.80. The van der Waals surface area contributed by atoms with Gasteiger partial charge in [0.05, 0.1) is 5.39 Å². The molecule has 0 aliphatic carbocycles. The first kappa shape index (κ1) is 20.9. The minimum Gasteiger partial charge on any atom is -0.484 e. The summed E-state index contributed by atoms with van der Waals surface area (Å²) in [5.41, 5.74) is 1.25. The number of hydrogen-bond acceptors (Lipinski definition) is 6. The summed E-state index contributed by atoms with van der Waals surface area (Å²) in [6, 6.07) is 7.04. The van der Waals surface area contributed by atoms with Gasteiger partial charge in [-0.3, -0.25) is 4.79 Å². The lowest BCUT2D eigenvalue weighted by atomic mass is 10.2. The molecular formula is C22H25ClN4O2S. The van der Waals surface area contributed by atoms with Gasteiger partial charge in [-0.05, 0) is 43.7 Å². The highest BCUT2D eigenvalue weighted by Crippen LogP contribution is 2.35. The van der Waals surface area contributed by atoms with E-state index in [0.717, 1.165) is 41.4 Å². The second kappa shape index (κ2) is 8.78. The van der Waals surface area contributed by atoms with Gasteiger partial charge in [-0.2, -0.15) is 0 Å². The first-order chi connectivity index (χ1) is 14.5. The summed E-state index contributed by atoms with van der Waals surface area (Å²) >= 11 is 7.61. The van der Waals surface area contributed by atoms with Crippen molar-refractivity contribution in [3.63, 3.8) is 0 Å². The van der Waals surface area contributed by atoms with Crippen LogP contribution >= 0.6 is 22.9 Å². The molecule has 158 valence electrons. The highest BCUT2D eigenvalue weighted by atomic mass is 35.5. The van der Waals surface area contributed by atoms with E-state index in [4.69, 9.17) is 26.3 Å². The second-order valence-electron chi connectivity index (χ2n) is 7.39. The fourth-order valence-electron chi connectivity index (χ4n) is 3.59. The number of rotatable bonds is 5. The number of nitrogens with zero attached hydrogens (tertiary/aromatic N) is 4. The van der Waals surface area contributed by atoms with Crippen molar-refractivity contribution < 1.29 is 9.53 Å². The predicted octanol–water partition coefficient (Wildman–Crippen LogP) is 4.25. The van der Waals surface area contributed by atoms with E-state index in [1.54, 1.807) is 35.6 Å². The lowest BCUT2D eigenvalue weighted by molar-refractivity contribution is -0.133. The molecule has 30 heavy (non-hydrogen) atoms. The molecule has 6 nitrogen and oxygen atoms in total. The Labute approximate surface area is 185 Å². The largest absolute Gasteiger partial charge is 0.484 e. The minimum atomic E-state index is -0.00533. The Morgan fingerprint density at radius 2 is 1.83 bits per heavy atom. The fourth-order valence-corrected chi connectivity index (χ4v) is 4.76. The van der Waals surface area contributed by atoms with Crippen LogP contribution in [0.1, 0.15) is 23.2 Å². The van der Waals surface area contributed by atoms with Crippen LogP contribution in [-0.4, -0.2) is 53.6 Å². The van der Waals surface area contributed by atoms with Gasteiger partial charge in [-0.1, -0.05) is 18.5 Å². The number of aryl methyl sites for hydroxylation is 3. The summed E-state index contributed by atoms with van der Waals surface area (Å²) in [6.07, 6.45) is 0.805. The van der Waals surface area contributed by atoms with Gasteiger partial charge in [-0.25, -0.2) is 9.97 Å². The number of carbonyl (C=O) groups excluding carboxylic acids is 1. The van der Waals surface area contributed by atoms with Crippen molar-refractivity contribution in [2.24, 2.45) is 0 Å². The maximum atomic E-state index is 12.6. The molecule has 1 fully saturated rings. The molecule has 0 atom stereocenters. The molecule has 3 aromatic rings. The summed E-state index contributed by atoms with van der Waals surface area (Å²) < 4.78 is 5.61. The number of hydrogen-bond donors (Lipinski definition) is 0. The number of aromatic nitrogens is 2. The SMILES string of the molecule is CCc1nc(N2CCN(C(=O)COc3ccc(Cl)cc3)CC2)c2c(C)c(C)sc2n1. The summed E-state index contributed by atoms with van der Waals surface area (Å²) in [5.74, 6) is 2.51. The van der Waals surface area contributed by atoms with Crippen molar-refractivity contribution >= 4 is 44.9 Å². The molecule has 0 unspecified atom stereocenters. The molecule has 0 radical (unpaired) electrons. The molecule has 1 aromatic carbocycles. The second-order valence-corrected chi connectivity index (χ2v) is 9.03. The normalized spacial score (nSPS) is 14.4. The number of piperazine rings is 1. The van der Waals surface area contributed by atoms with Crippen LogP contribution in [0.2, 0.25) is 5.02 Å². The maximum absolute atomic E-state index is 12.6. The Morgan fingerprint density at radius 1 is 1.13 bits per heavy atom.